The largest absolute Gasteiger partial charge is 0.390 e. The smallest absolute Gasteiger partial charge is 0.0677 e. The van der Waals surface area contributed by atoms with E-state index in [1.54, 1.807) is 0 Å². The Morgan fingerprint density at radius 1 is 1.31 bits per heavy atom. The van der Waals surface area contributed by atoms with Gasteiger partial charge in [-0.25, -0.2) is 0 Å². The van der Waals surface area contributed by atoms with Crippen LogP contribution in [0.2, 0.25) is 0 Å². The van der Waals surface area contributed by atoms with E-state index < -0.39 is 5.60 Å². The summed E-state index contributed by atoms with van der Waals surface area (Å²) < 4.78 is 0. The molecule has 90 valence electrons. The van der Waals surface area contributed by atoms with Gasteiger partial charge in [-0.1, -0.05) is 0 Å². The van der Waals surface area contributed by atoms with Gasteiger partial charge in [0.25, 0.3) is 0 Å². The van der Waals surface area contributed by atoms with Crippen molar-refractivity contribution in [1.82, 2.24) is 4.90 Å². The van der Waals surface area contributed by atoms with Crippen LogP contribution >= 0.6 is 0 Å². The van der Waals surface area contributed by atoms with Crippen molar-refractivity contribution in [3.05, 3.63) is 0 Å². The van der Waals surface area contributed by atoms with Crippen LogP contribution in [0.3, 0.4) is 0 Å². The number of nitriles is 1. The molecule has 2 atom stereocenters. The van der Waals surface area contributed by atoms with Gasteiger partial charge in [0, 0.05) is 18.5 Å². The van der Waals surface area contributed by atoms with E-state index in [1.165, 1.54) is 12.8 Å². The summed E-state index contributed by atoms with van der Waals surface area (Å²) in [5.74, 6) is 0. The molecule has 0 saturated carbocycles. The van der Waals surface area contributed by atoms with Crippen molar-refractivity contribution in [3.8, 4) is 6.07 Å². The minimum atomic E-state index is -0.437. The van der Waals surface area contributed by atoms with Crippen molar-refractivity contribution in [3.63, 3.8) is 0 Å². The molecule has 16 heavy (non-hydrogen) atoms. The Morgan fingerprint density at radius 3 is 2.50 bits per heavy atom. The van der Waals surface area contributed by atoms with E-state index in [9.17, 15) is 5.11 Å². The molecule has 0 aliphatic carbocycles. The van der Waals surface area contributed by atoms with Crippen LogP contribution in [0.1, 0.15) is 51.4 Å². The maximum Gasteiger partial charge on any atom is 0.0677 e. The fourth-order valence-electron chi connectivity index (χ4n) is 3.41. The summed E-state index contributed by atoms with van der Waals surface area (Å²) in [6.45, 7) is 0. The molecule has 0 aromatic heterocycles. The van der Waals surface area contributed by atoms with Crippen LogP contribution in [0.25, 0.3) is 0 Å². The molecule has 2 aliphatic rings. The van der Waals surface area contributed by atoms with E-state index in [1.807, 2.05) is 0 Å². The van der Waals surface area contributed by atoms with E-state index in [0.29, 0.717) is 18.5 Å². The monoisotopic (exact) mass is 222 g/mol. The predicted molar refractivity (Wildman–Crippen MR) is 62.8 cm³/mol. The first-order valence-corrected chi connectivity index (χ1v) is 6.46. The Labute approximate surface area is 98.1 Å². The van der Waals surface area contributed by atoms with E-state index in [0.717, 1.165) is 32.1 Å². The van der Waals surface area contributed by atoms with E-state index in [-0.39, 0.29) is 0 Å². The van der Waals surface area contributed by atoms with Crippen LogP contribution in [0, 0.1) is 11.3 Å². The Kier molecular flexibility index (Phi) is 3.51. The molecule has 2 saturated heterocycles. The maximum absolute atomic E-state index is 10.6. The predicted octanol–water partition coefficient (Wildman–Crippen LogP) is 2.06. The number of hydrogen-bond donors (Lipinski definition) is 1. The van der Waals surface area contributed by atoms with Crippen LogP contribution in [0.5, 0.6) is 0 Å². The van der Waals surface area contributed by atoms with Gasteiger partial charge >= 0.3 is 0 Å². The molecular weight excluding hydrogens is 200 g/mol. The molecular formula is C13H22N2O. The number of fused-ring (bicyclic) bond motifs is 2. The van der Waals surface area contributed by atoms with E-state index >= 15 is 0 Å². The lowest BCUT2D eigenvalue weighted by atomic mass is 9.82. The number of aliphatic hydroxyl groups is 1. The Balaban J connectivity index is 1.83. The Morgan fingerprint density at radius 2 is 1.94 bits per heavy atom. The second-order valence-electron chi connectivity index (χ2n) is 5.55. The summed E-state index contributed by atoms with van der Waals surface area (Å²) >= 11 is 0. The lowest BCUT2D eigenvalue weighted by Crippen LogP contribution is -2.49. The highest BCUT2D eigenvalue weighted by molar-refractivity contribution is 5.00. The Hall–Kier alpha value is -0.590. The van der Waals surface area contributed by atoms with Crippen molar-refractivity contribution >= 4 is 0 Å². The second-order valence-corrected chi connectivity index (χ2v) is 5.55. The summed E-state index contributed by atoms with van der Waals surface area (Å²) in [6.07, 6.45) is 7.82. The van der Waals surface area contributed by atoms with Gasteiger partial charge in [0.15, 0.2) is 0 Å². The normalized spacial score (nSPS) is 38.6. The highest BCUT2D eigenvalue weighted by Crippen LogP contribution is 2.41. The van der Waals surface area contributed by atoms with Crippen LogP contribution in [0.4, 0.5) is 0 Å². The summed E-state index contributed by atoms with van der Waals surface area (Å²) in [6, 6.07) is 3.36. The molecule has 3 heteroatoms. The molecule has 0 aromatic rings. The topological polar surface area (TPSA) is 47.3 Å². The molecule has 2 unspecified atom stereocenters. The van der Waals surface area contributed by atoms with Crippen LogP contribution in [-0.2, 0) is 0 Å². The van der Waals surface area contributed by atoms with Crippen LogP contribution < -0.4 is 0 Å². The standard InChI is InChI=1S/C13H22N2O/c1-15-11-5-6-12(15)10-13(16,9-11)7-3-2-4-8-14/h11-12,16H,2-7,9-10H2,1H3. The fourth-order valence-corrected chi connectivity index (χ4v) is 3.41. The highest BCUT2D eigenvalue weighted by Gasteiger charge is 2.45. The molecule has 0 aromatic carbocycles. The molecule has 2 fully saturated rings. The average molecular weight is 222 g/mol. The summed E-state index contributed by atoms with van der Waals surface area (Å²) in [4.78, 5) is 2.45. The highest BCUT2D eigenvalue weighted by atomic mass is 16.3. The SMILES string of the molecule is CN1C2CCC1CC(O)(CCCCC#N)C2. The van der Waals surface area contributed by atoms with Gasteiger partial charge in [0.1, 0.15) is 0 Å². The lowest BCUT2D eigenvalue weighted by molar-refractivity contribution is -0.0513. The molecule has 0 amide bonds. The zero-order valence-electron chi connectivity index (χ0n) is 10.2. The number of rotatable bonds is 4. The third-order valence-electron chi connectivity index (χ3n) is 4.40. The lowest BCUT2D eigenvalue weighted by Gasteiger charge is -2.42. The van der Waals surface area contributed by atoms with Crippen LogP contribution in [0.15, 0.2) is 0 Å². The van der Waals surface area contributed by atoms with Crippen molar-refractivity contribution in [2.45, 2.75) is 69.1 Å². The van der Waals surface area contributed by atoms with Crippen molar-refractivity contribution in [2.75, 3.05) is 7.05 Å². The van der Waals surface area contributed by atoms with Gasteiger partial charge < -0.3 is 10.0 Å². The quantitative estimate of drug-likeness (QED) is 0.741. The number of piperidine rings is 1. The maximum atomic E-state index is 10.6. The van der Waals surface area contributed by atoms with Crippen molar-refractivity contribution in [1.29, 1.82) is 5.26 Å². The number of hydrogen-bond acceptors (Lipinski definition) is 3. The summed E-state index contributed by atoms with van der Waals surface area (Å²) in [5.41, 5.74) is -0.437. The zero-order chi connectivity index (χ0) is 11.6. The average Bonchev–Trinajstić information content (AvgIpc) is 2.51. The third kappa shape index (κ3) is 2.39. The van der Waals surface area contributed by atoms with Crippen molar-refractivity contribution < 1.29 is 5.11 Å². The molecule has 2 heterocycles. The minimum Gasteiger partial charge on any atom is -0.390 e. The molecule has 2 rings (SSSR count). The second kappa shape index (κ2) is 4.73. The first-order valence-electron chi connectivity index (χ1n) is 6.46. The first-order chi connectivity index (χ1) is 7.64. The van der Waals surface area contributed by atoms with E-state index in [4.69, 9.17) is 5.26 Å². The minimum absolute atomic E-state index is 0.437. The summed E-state index contributed by atoms with van der Waals surface area (Å²) in [5, 5.41) is 19.0. The molecule has 3 nitrogen and oxygen atoms in total. The zero-order valence-corrected chi connectivity index (χ0v) is 10.2. The van der Waals surface area contributed by atoms with Gasteiger partial charge in [-0.15, -0.1) is 0 Å². The van der Waals surface area contributed by atoms with Gasteiger partial charge in [-0.05, 0) is 52.0 Å². The van der Waals surface area contributed by atoms with Gasteiger partial charge in [0.05, 0.1) is 11.7 Å². The van der Waals surface area contributed by atoms with Crippen molar-refractivity contribution in [2.24, 2.45) is 0 Å². The molecule has 1 N–H and O–H groups in total. The first kappa shape index (κ1) is 11.9. The Bertz CT molecular complexity index is 270. The molecule has 2 aliphatic heterocycles. The molecule has 2 bridgehead atoms. The number of unbranched alkanes of at least 4 members (excludes halogenated alkanes) is 2. The van der Waals surface area contributed by atoms with Crippen LogP contribution in [-0.4, -0.2) is 34.7 Å². The van der Waals surface area contributed by atoms with Gasteiger partial charge in [-0.3, -0.25) is 0 Å². The fraction of sp³-hybridized carbons (Fsp3) is 0.923. The van der Waals surface area contributed by atoms with Gasteiger partial charge in [0.2, 0.25) is 0 Å². The molecule has 0 radical (unpaired) electrons. The molecule has 0 spiro atoms. The summed E-state index contributed by atoms with van der Waals surface area (Å²) in [7, 11) is 2.19. The van der Waals surface area contributed by atoms with Gasteiger partial charge in [-0.2, -0.15) is 5.26 Å². The number of nitrogens with zero attached hydrogens (tertiary/aromatic N) is 2. The third-order valence-corrected chi connectivity index (χ3v) is 4.40. The van der Waals surface area contributed by atoms with E-state index in [2.05, 4.69) is 18.0 Å².